The molecule has 3 nitrogen and oxygen atoms in total. The topological polar surface area (TPSA) is 52.9 Å². The summed E-state index contributed by atoms with van der Waals surface area (Å²) in [6.45, 7) is 7.29. The molecule has 0 aliphatic heterocycles. The lowest BCUT2D eigenvalue weighted by Crippen LogP contribution is -2.56. The van der Waals surface area contributed by atoms with Crippen molar-refractivity contribution in [2.24, 2.45) is 22.7 Å². The van der Waals surface area contributed by atoms with Crippen LogP contribution >= 0.6 is 0 Å². The Morgan fingerprint density at radius 1 is 1.17 bits per heavy atom. The van der Waals surface area contributed by atoms with Crippen LogP contribution in [0.5, 0.6) is 0 Å². The Hall–Kier alpha value is -1.66. The Kier molecular flexibility index (Phi) is 4.53. The predicted octanol–water partition coefficient (Wildman–Crippen LogP) is 4.09. The van der Waals surface area contributed by atoms with Crippen LogP contribution in [0.25, 0.3) is 0 Å². The average molecular weight is 324 g/mol. The Bertz CT molecular complexity index is 646. The average Bonchev–Trinajstić information content (AvgIpc) is 2.57. The number of nitrogens with zero attached hydrogens (tertiary/aromatic N) is 1. The summed E-state index contributed by atoms with van der Waals surface area (Å²) in [7, 11) is 0. The predicted molar refractivity (Wildman–Crippen MR) is 95.0 cm³/mol. The molecule has 2 saturated carbocycles. The standard InChI is InChI=1S/C21H28N2O/c1-20(2)18-10-9-17(23-14-15-7-5-4-6-8-15)12-21(18,3)11-16(13-22)19(20)24/h4-8,16-18,23H,9-12,14H2,1-3H3/t16?,17-,18-,21+/m0/s1. The number of nitrogens with one attached hydrogen (secondary N) is 1. The fourth-order valence-corrected chi connectivity index (χ4v) is 5.30. The summed E-state index contributed by atoms with van der Waals surface area (Å²) in [5, 5.41) is 13.1. The van der Waals surface area contributed by atoms with Gasteiger partial charge in [-0.15, -0.1) is 0 Å². The second-order valence-corrected chi connectivity index (χ2v) is 8.52. The lowest BCUT2D eigenvalue weighted by Gasteiger charge is -2.55. The molecule has 3 heteroatoms. The van der Waals surface area contributed by atoms with Crippen molar-refractivity contribution in [3.05, 3.63) is 35.9 Å². The third kappa shape index (κ3) is 3.00. The fourth-order valence-electron chi connectivity index (χ4n) is 5.30. The third-order valence-electron chi connectivity index (χ3n) is 6.44. The Morgan fingerprint density at radius 2 is 1.88 bits per heavy atom. The van der Waals surface area contributed by atoms with Crippen LogP contribution in [0.2, 0.25) is 0 Å². The quantitative estimate of drug-likeness (QED) is 0.911. The highest BCUT2D eigenvalue weighted by atomic mass is 16.1. The Balaban J connectivity index is 1.71. The molecule has 2 aliphatic carbocycles. The van der Waals surface area contributed by atoms with E-state index in [1.165, 1.54) is 5.56 Å². The highest BCUT2D eigenvalue weighted by Gasteiger charge is 2.56. The van der Waals surface area contributed by atoms with Crippen LogP contribution in [0.4, 0.5) is 0 Å². The maximum atomic E-state index is 12.6. The molecule has 128 valence electrons. The van der Waals surface area contributed by atoms with Crippen LogP contribution in [-0.4, -0.2) is 11.8 Å². The molecule has 1 aromatic rings. The van der Waals surface area contributed by atoms with Gasteiger partial charge >= 0.3 is 0 Å². The number of carbonyl (C=O) groups is 1. The van der Waals surface area contributed by atoms with E-state index in [-0.39, 0.29) is 16.6 Å². The van der Waals surface area contributed by atoms with Crippen molar-refractivity contribution in [2.75, 3.05) is 0 Å². The van der Waals surface area contributed by atoms with Gasteiger partial charge in [0.1, 0.15) is 5.92 Å². The fraction of sp³-hybridized carbons (Fsp3) is 0.619. The highest BCUT2D eigenvalue weighted by molar-refractivity contribution is 5.89. The van der Waals surface area contributed by atoms with Gasteiger partial charge in [-0.1, -0.05) is 51.1 Å². The summed E-state index contributed by atoms with van der Waals surface area (Å²) in [5.74, 6) is 0.106. The number of ketones is 1. The van der Waals surface area contributed by atoms with E-state index in [0.29, 0.717) is 12.0 Å². The molecule has 1 aromatic carbocycles. The van der Waals surface area contributed by atoms with Crippen molar-refractivity contribution < 1.29 is 4.79 Å². The Morgan fingerprint density at radius 3 is 2.54 bits per heavy atom. The van der Waals surface area contributed by atoms with Gasteiger partial charge < -0.3 is 5.32 Å². The SMILES string of the molecule is CC1(C)C(=O)C(C#N)C[C@]2(C)C[C@@H](NCc3ccccc3)CC[C@@H]12. The van der Waals surface area contributed by atoms with Gasteiger partial charge in [-0.2, -0.15) is 5.26 Å². The molecule has 0 saturated heterocycles. The first kappa shape index (κ1) is 17.2. The summed E-state index contributed by atoms with van der Waals surface area (Å²) in [6, 6.07) is 13.2. The molecule has 0 aromatic heterocycles. The lowest BCUT2D eigenvalue weighted by atomic mass is 9.48. The number of fused-ring (bicyclic) bond motifs is 1. The van der Waals surface area contributed by atoms with Gasteiger partial charge in [-0.3, -0.25) is 4.79 Å². The molecule has 2 fully saturated rings. The molecule has 0 bridgehead atoms. The molecule has 0 spiro atoms. The number of nitriles is 1. The number of hydrogen-bond acceptors (Lipinski definition) is 3. The van der Waals surface area contributed by atoms with Crippen molar-refractivity contribution in [1.29, 1.82) is 5.26 Å². The van der Waals surface area contributed by atoms with Gasteiger partial charge in [0.15, 0.2) is 5.78 Å². The lowest BCUT2D eigenvalue weighted by molar-refractivity contribution is -0.147. The van der Waals surface area contributed by atoms with Crippen molar-refractivity contribution in [3.63, 3.8) is 0 Å². The summed E-state index contributed by atoms with van der Waals surface area (Å²) < 4.78 is 0. The molecule has 3 rings (SSSR count). The van der Waals surface area contributed by atoms with Gasteiger partial charge in [0.2, 0.25) is 0 Å². The maximum absolute atomic E-state index is 12.6. The minimum absolute atomic E-state index is 0.0738. The molecule has 0 heterocycles. The number of carbonyl (C=O) groups excluding carboxylic acids is 1. The molecule has 1 N–H and O–H groups in total. The molecule has 4 atom stereocenters. The van der Waals surface area contributed by atoms with Crippen molar-refractivity contribution in [2.45, 2.75) is 59.0 Å². The zero-order valence-corrected chi connectivity index (χ0v) is 15.0. The molecule has 1 unspecified atom stereocenters. The number of benzene rings is 1. The van der Waals surface area contributed by atoms with Gasteiger partial charge in [0.25, 0.3) is 0 Å². The van der Waals surface area contributed by atoms with Crippen molar-refractivity contribution in [3.8, 4) is 6.07 Å². The van der Waals surface area contributed by atoms with Gasteiger partial charge in [-0.05, 0) is 42.6 Å². The Labute approximate surface area is 145 Å². The normalized spacial score (nSPS) is 35.1. The molecular formula is C21H28N2O. The molecular weight excluding hydrogens is 296 g/mol. The number of Topliss-reactive ketones (excluding diaryl/α,β-unsaturated/α-hetero) is 1. The van der Waals surface area contributed by atoms with Crippen LogP contribution in [0.1, 0.15) is 52.0 Å². The van der Waals surface area contributed by atoms with Crippen LogP contribution in [0.15, 0.2) is 30.3 Å². The molecule has 0 amide bonds. The minimum atomic E-state index is -0.436. The van der Waals surface area contributed by atoms with E-state index in [1.54, 1.807) is 0 Å². The summed E-state index contributed by atoms with van der Waals surface area (Å²) in [6.07, 6.45) is 3.96. The first-order chi connectivity index (χ1) is 11.4. The number of rotatable bonds is 3. The zero-order chi connectivity index (χ0) is 17.4. The maximum Gasteiger partial charge on any atom is 0.155 e. The summed E-state index contributed by atoms with van der Waals surface area (Å²) in [5.41, 5.74) is 1.00. The van der Waals surface area contributed by atoms with E-state index in [2.05, 4.69) is 56.4 Å². The van der Waals surface area contributed by atoms with E-state index in [4.69, 9.17) is 0 Å². The molecule has 24 heavy (non-hydrogen) atoms. The largest absolute Gasteiger partial charge is 0.310 e. The van der Waals surface area contributed by atoms with Crippen LogP contribution in [0.3, 0.4) is 0 Å². The molecule has 0 radical (unpaired) electrons. The van der Waals surface area contributed by atoms with E-state index >= 15 is 0 Å². The minimum Gasteiger partial charge on any atom is -0.310 e. The monoisotopic (exact) mass is 324 g/mol. The first-order valence-electron chi connectivity index (χ1n) is 9.08. The smallest absolute Gasteiger partial charge is 0.155 e. The van der Waals surface area contributed by atoms with E-state index in [9.17, 15) is 10.1 Å². The van der Waals surface area contributed by atoms with E-state index in [1.807, 2.05) is 6.07 Å². The van der Waals surface area contributed by atoms with Crippen LogP contribution in [0, 0.1) is 34.0 Å². The summed E-state index contributed by atoms with van der Waals surface area (Å²) >= 11 is 0. The van der Waals surface area contributed by atoms with Crippen molar-refractivity contribution >= 4 is 5.78 Å². The van der Waals surface area contributed by atoms with E-state index in [0.717, 1.165) is 32.2 Å². The first-order valence-corrected chi connectivity index (χ1v) is 9.08. The summed E-state index contributed by atoms with van der Waals surface area (Å²) in [4.78, 5) is 12.6. The third-order valence-corrected chi connectivity index (χ3v) is 6.44. The molecule has 2 aliphatic rings. The second-order valence-electron chi connectivity index (χ2n) is 8.52. The zero-order valence-electron chi connectivity index (χ0n) is 15.0. The van der Waals surface area contributed by atoms with E-state index < -0.39 is 5.92 Å². The van der Waals surface area contributed by atoms with Gasteiger partial charge in [0, 0.05) is 18.0 Å². The van der Waals surface area contributed by atoms with Gasteiger partial charge in [-0.25, -0.2) is 0 Å². The van der Waals surface area contributed by atoms with Gasteiger partial charge in [0.05, 0.1) is 6.07 Å². The van der Waals surface area contributed by atoms with Crippen LogP contribution < -0.4 is 5.32 Å². The second kappa shape index (κ2) is 6.33. The number of hydrogen-bond donors (Lipinski definition) is 1. The van der Waals surface area contributed by atoms with Crippen molar-refractivity contribution in [1.82, 2.24) is 5.32 Å². The highest BCUT2D eigenvalue weighted by Crippen LogP contribution is 2.57. The van der Waals surface area contributed by atoms with Crippen LogP contribution in [-0.2, 0) is 11.3 Å².